The van der Waals surface area contributed by atoms with E-state index >= 15 is 0 Å². The zero-order chi connectivity index (χ0) is 13.9. The maximum absolute atomic E-state index is 6.15. The molecule has 0 aromatic heterocycles. The smallest absolute Gasteiger partial charge is 0.0832 e. The lowest BCUT2D eigenvalue weighted by Crippen LogP contribution is -2.12. The molecule has 2 aromatic carbocycles. The van der Waals surface area contributed by atoms with Gasteiger partial charge in [-0.05, 0) is 48.1 Å². The highest BCUT2D eigenvalue weighted by atomic mass is 79.9. The number of hydrogen-bond acceptors (Lipinski definition) is 2. The van der Waals surface area contributed by atoms with Crippen molar-refractivity contribution in [3.63, 3.8) is 0 Å². The number of nitrogens with two attached hydrogens (primary N) is 1. The van der Waals surface area contributed by atoms with Gasteiger partial charge < -0.3 is 10.5 Å². The van der Waals surface area contributed by atoms with E-state index in [2.05, 4.69) is 40.2 Å². The Morgan fingerprint density at radius 2 is 2.05 bits per heavy atom. The van der Waals surface area contributed by atoms with Gasteiger partial charge in [0, 0.05) is 10.2 Å². The van der Waals surface area contributed by atoms with Gasteiger partial charge in [0.1, 0.15) is 0 Å². The minimum atomic E-state index is 0.212. The molecule has 0 amide bonds. The van der Waals surface area contributed by atoms with Gasteiger partial charge in [-0.3, -0.25) is 0 Å². The summed E-state index contributed by atoms with van der Waals surface area (Å²) in [4.78, 5) is 0. The SMILES string of the molecule is Nc1ccc(COC2CCCc3ccccc32)c(Br)c1. The third-order valence-corrected chi connectivity index (χ3v) is 4.57. The molecular formula is C17H18BrNO. The Morgan fingerprint density at radius 1 is 1.20 bits per heavy atom. The van der Waals surface area contributed by atoms with Crippen molar-refractivity contribution in [2.75, 3.05) is 5.73 Å². The van der Waals surface area contributed by atoms with Gasteiger partial charge in [0.2, 0.25) is 0 Å². The van der Waals surface area contributed by atoms with Crippen molar-refractivity contribution in [3.8, 4) is 0 Å². The third-order valence-electron chi connectivity index (χ3n) is 3.83. The second kappa shape index (κ2) is 5.98. The van der Waals surface area contributed by atoms with Crippen LogP contribution in [0, 0.1) is 0 Å². The Kier molecular flexibility index (Phi) is 4.08. The largest absolute Gasteiger partial charge is 0.399 e. The van der Waals surface area contributed by atoms with Crippen LogP contribution in [0.4, 0.5) is 5.69 Å². The molecule has 0 bridgehead atoms. The van der Waals surface area contributed by atoms with Crippen LogP contribution in [0.1, 0.15) is 35.6 Å². The first-order valence-electron chi connectivity index (χ1n) is 6.97. The summed E-state index contributed by atoms with van der Waals surface area (Å²) >= 11 is 3.54. The zero-order valence-electron chi connectivity index (χ0n) is 11.3. The van der Waals surface area contributed by atoms with Gasteiger partial charge in [-0.1, -0.05) is 46.3 Å². The minimum Gasteiger partial charge on any atom is -0.399 e. The topological polar surface area (TPSA) is 35.2 Å². The van der Waals surface area contributed by atoms with E-state index in [0.717, 1.165) is 22.1 Å². The Bertz CT molecular complexity index is 612. The molecule has 2 aromatic rings. The molecule has 0 saturated carbocycles. The Labute approximate surface area is 128 Å². The Balaban J connectivity index is 1.73. The fraction of sp³-hybridized carbons (Fsp3) is 0.294. The summed E-state index contributed by atoms with van der Waals surface area (Å²) in [5, 5.41) is 0. The molecule has 0 spiro atoms. The van der Waals surface area contributed by atoms with Gasteiger partial charge in [0.15, 0.2) is 0 Å². The fourth-order valence-corrected chi connectivity index (χ4v) is 3.26. The van der Waals surface area contributed by atoms with Crippen molar-refractivity contribution in [1.82, 2.24) is 0 Å². The summed E-state index contributed by atoms with van der Waals surface area (Å²) in [6.07, 6.45) is 3.68. The summed E-state index contributed by atoms with van der Waals surface area (Å²) in [5.41, 5.74) is 10.4. The lowest BCUT2D eigenvalue weighted by atomic mass is 9.89. The van der Waals surface area contributed by atoms with E-state index in [1.807, 2.05) is 18.2 Å². The molecule has 1 atom stereocenters. The van der Waals surface area contributed by atoms with Crippen molar-refractivity contribution in [2.45, 2.75) is 32.0 Å². The van der Waals surface area contributed by atoms with Crippen molar-refractivity contribution < 1.29 is 4.74 Å². The molecule has 0 aliphatic heterocycles. The summed E-state index contributed by atoms with van der Waals surface area (Å²) in [5.74, 6) is 0. The molecule has 1 unspecified atom stereocenters. The predicted molar refractivity (Wildman–Crippen MR) is 85.5 cm³/mol. The van der Waals surface area contributed by atoms with Gasteiger partial charge >= 0.3 is 0 Å². The molecule has 0 fully saturated rings. The van der Waals surface area contributed by atoms with Gasteiger partial charge in [0.25, 0.3) is 0 Å². The molecule has 104 valence electrons. The molecule has 3 rings (SSSR count). The number of hydrogen-bond donors (Lipinski definition) is 1. The number of halogens is 1. The molecule has 0 radical (unpaired) electrons. The minimum absolute atomic E-state index is 0.212. The van der Waals surface area contributed by atoms with Crippen LogP contribution >= 0.6 is 15.9 Å². The summed E-state index contributed by atoms with van der Waals surface area (Å²) in [7, 11) is 0. The van der Waals surface area contributed by atoms with E-state index < -0.39 is 0 Å². The highest BCUT2D eigenvalue weighted by molar-refractivity contribution is 9.10. The second-order valence-corrected chi connectivity index (χ2v) is 6.10. The van der Waals surface area contributed by atoms with E-state index in [-0.39, 0.29) is 6.10 Å². The zero-order valence-corrected chi connectivity index (χ0v) is 12.9. The number of aryl methyl sites for hydroxylation is 1. The highest BCUT2D eigenvalue weighted by Gasteiger charge is 2.20. The number of fused-ring (bicyclic) bond motifs is 1. The van der Waals surface area contributed by atoms with Gasteiger partial charge in [-0.15, -0.1) is 0 Å². The monoisotopic (exact) mass is 331 g/mol. The molecular weight excluding hydrogens is 314 g/mol. The number of nitrogen functional groups attached to an aromatic ring is 1. The lowest BCUT2D eigenvalue weighted by Gasteiger charge is -2.25. The van der Waals surface area contributed by atoms with Gasteiger partial charge in [0.05, 0.1) is 12.7 Å². The third kappa shape index (κ3) is 2.89. The Morgan fingerprint density at radius 3 is 2.90 bits per heavy atom. The Hall–Kier alpha value is -1.32. The summed E-state index contributed by atoms with van der Waals surface area (Å²) in [6.45, 7) is 0.611. The molecule has 20 heavy (non-hydrogen) atoms. The van der Waals surface area contributed by atoms with E-state index in [4.69, 9.17) is 10.5 Å². The van der Waals surface area contributed by atoms with Crippen LogP contribution in [-0.2, 0) is 17.8 Å². The average Bonchev–Trinajstić information content (AvgIpc) is 2.46. The first kappa shape index (κ1) is 13.7. The standard InChI is InChI=1S/C17H18BrNO/c18-16-10-14(19)9-8-13(16)11-20-17-7-3-5-12-4-1-2-6-15(12)17/h1-2,4,6,8-10,17H,3,5,7,11,19H2. The van der Waals surface area contributed by atoms with E-state index in [9.17, 15) is 0 Å². The second-order valence-electron chi connectivity index (χ2n) is 5.24. The molecule has 0 heterocycles. The lowest BCUT2D eigenvalue weighted by molar-refractivity contribution is 0.0280. The van der Waals surface area contributed by atoms with Crippen molar-refractivity contribution in [1.29, 1.82) is 0 Å². The number of benzene rings is 2. The first-order chi connectivity index (χ1) is 9.74. The maximum atomic E-state index is 6.15. The van der Waals surface area contributed by atoms with Crippen LogP contribution < -0.4 is 5.73 Å². The van der Waals surface area contributed by atoms with Crippen molar-refractivity contribution >= 4 is 21.6 Å². The summed E-state index contributed by atoms with van der Waals surface area (Å²) < 4.78 is 7.16. The van der Waals surface area contributed by atoms with Gasteiger partial charge in [-0.2, -0.15) is 0 Å². The van der Waals surface area contributed by atoms with Crippen LogP contribution in [0.25, 0.3) is 0 Å². The van der Waals surface area contributed by atoms with Crippen LogP contribution in [0.15, 0.2) is 46.9 Å². The van der Waals surface area contributed by atoms with Gasteiger partial charge in [-0.25, -0.2) is 0 Å². The average molecular weight is 332 g/mol. The van der Waals surface area contributed by atoms with E-state index in [0.29, 0.717) is 6.61 Å². The first-order valence-corrected chi connectivity index (χ1v) is 7.76. The van der Waals surface area contributed by atoms with E-state index in [1.54, 1.807) is 0 Å². The number of rotatable bonds is 3. The number of ether oxygens (including phenoxy) is 1. The maximum Gasteiger partial charge on any atom is 0.0832 e. The van der Waals surface area contributed by atoms with Crippen molar-refractivity contribution in [3.05, 3.63) is 63.6 Å². The quantitative estimate of drug-likeness (QED) is 0.832. The van der Waals surface area contributed by atoms with E-state index in [1.165, 1.54) is 24.0 Å². The fourth-order valence-electron chi connectivity index (χ4n) is 2.75. The van der Waals surface area contributed by atoms with Crippen LogP contribution in [0.3, 0.4) is 0 Å². The molecule has 2 nitrogen and oxygen atoms in total. The molecule has 1 aliphatic carbocycles. The van der Waals surface area contributed by atoms with Crippen LogP contribution in [0.2, 0.25) is 0 Å². The molecule has 3 heteroatoms. The normalized spacial score (nSPS) is 17.8. The van der Waals surface area contributed by atoms with Crippen molar-refractivity contribution in [2.24, 2.45) is 0 Å². The molecule has 1 aliphatic rings. The molecule has 2 N–H and O–H groups in total. The highest BCUT2D eigenvalue weighted by Crippen LogP contribution is 2.33. The summed E-state index contributed by atoms with van der Waals surface area (Å²) in [6, 6.07) is 14.5. The molecule has 0 saturated heterocycles. The van der Waals surface area contributed by atoms with Crippen LogP contribution in [-0.4, -0.2) is 0 Å². The van der Waals surface area contributed by atoms with Crippen LogP contribution in [0.5, 0.6) is 0 Å². The number of anilines is 1. The predicted octanol–water partition coefficient (Wildman–Crippen LogP) is 4.63.